The molecule has 0 radical (unpaired) electrons. The van der Waals surface area contributed by atoms with E-state index >= 15 is 0 Å². The number of ether oxygens (including phenoxy) is 2. The van der Waals surface area contributed by atoms with Crippen LogP contribution in [0.25, 0.3) is 0 Å². The largest absolute Gasteiger partial charge is 0.495 e. The van der Waals surface area contributed by atoms with Crippen LogP contribution in [0.1, 0.15) is 18.4 Å². The van der Waals surface area contributed by atoms with E-state index in [0.717, 1.165) is 6.42 Å². The van der Waals surface area contributed by atoms with Crippen molar-refractivity contribution in [2.45, 2.75) is 19.8 Å². The number of hydrogen-bond donors (Lipinski definition) is 0. The predicted molar refractivity (Wildman–Crippen MR) is 142 cm³/mol. The summed E-state index contributed by atoms with van der Waals surface area (Å²) in [7, 11) is 1.51. The highest BCUT2D eigenvalue weighted by Gasteiger charge is 2.67. The van der Waals surface area contributed by atoms with Crippen LogP contribution in [0, 0.1) is 48.3 Å². The van der Waals surface area contributed by atoms with Gasteiger partial charge in [-0.3, -0.25) is 19.2 Å². The molecule has 8 rings (SSSR count). The Morgan fingerprint density at radius 3 is 2.28 bits per heavy atom. The number of rotatable bonds is 5. The number of benzene rings is 2. The topological polar surface area (TPSA) is 93.2 Å². The molecular weight excluding hydrogens is 520 g/mol. The number of allylic oxidation sites excluding steroid dienone is 2. The molecule has 2 heterocycles. The molecular formula is C30H27ClN2O6. The number of aryl methyl sites for hydroxylation is 1. The molecule has 0 unspecified atom stereocenters. The Morgan fingerprint density at radius 2 is 1.64 bits per heavy atom. The Hall–Kier alpha value is -3.65. The van der Waals surface area contributed by atoms with Gasteiger partial charge in [0.1, 0.15) is 11.5 Å². The van der Waals surface area contributed by atoms with E-state index < -0.39 is 11.9 Å². The van der Waals surface area contributed by atoms with Crippen LogP contribution in [-0.2, 0) is 19.2 Å². The average molecular weight is 547 g/mol. The SMILES string of the molecule is COc1ccc(Cl)cc1N1C[C@H](C(=O)Oc2ccc(N3C(=O)[C@@H]4[C@H]5C=C[C@@H]([C@@H]6C[C@@H]56)[C@H]4C3=O)c(C)c2)CC1=O. The molecule has 4 aliphatic carbocycles. The second-order valence-corrected chi connectivity index (χ2v) is 11.7. The van der Waals surface area contributed by atoms with E-state index in [1.165, 1.54) is 16.9 Å². The highest BCUT2D eigenvalue weighted by Crippen LogP contribution is 2.65. The van der Waals surface area contributed by atoms with E-state index in [0.29, 0.717) is 45.3 Å². The van der Waals surface area contributed by atoms with Gasteiger partial charge in [-0.25, -0.2) is 4.90 Å². The number of methoxy groups -OCH3 is 1. The Morgan fingerprint density at radius 1 is 0.949 bits per heavy atom. The van der Waals surface area contributed by atoms with E-state index in [-0.39, 0.29) is 54.4 Å². The molecule has 4 fully saturated rings. The number of carbonyl (C=O) groups is 4. The highest BCUT2D eigenvalue weighted by molar-refractivity contribution is 6.31. The average Bonchev–Trinajstić information content (AvgIpc) is 3.60. The minimum absolute atomic E-state index is 0.00345. The molecule has 2 saturated carbocycles. The van der Waals surface area contributed by atoms with Crippen LogP contribution in [0.3, 0.4) is 0 Å². The van der Waals surface area contributed by atoms with Gasteiger partial charge in [0.2, 0.25) is 17.7 Å². The molecule has 200 valence electrons. The fourth-order valence-electron chi connectivity index (χ4n) is 7.31. The summed E-state index contributed by atoms with van der Waals surface area (Å²) in [5.74, 6) is -0.0150. The molecule has 7 atom stereocenters. The van der Waals surface area contributed by atoms with Crippen LogP contribution < -0.4 is 19.3 Å². The van der Waals surface area contributed by atoms with Crippen molar-refractivity contribution in [2.24, 2.45) is 41.4 Å². The van der Waals surface area contributed by atoms with Crippen molar-refractivity contribution in [2.75, 3.05) is 23.5 Å². The molecule has 8 nitrogen and oxygen atoms in total. The lowest BCUT2D eigenvalue weighted by atomic mass is 9.63. The molecule has 6 aliphatic rings. The maximum atomic E-state index is 13.5. The van der Waals surface area contributed by atoms with Gasteiger partial charge in [0.15, 0.2) is 0 Å². The Kier molecular flexibility index (Phi) is 5.43. The zero-order chi connectivity index (χ0) is 27.2. The zero-order valence-corrected chi connectivity index (χ0v) is 22.3. The maximum absolute atomic E-state index is 13.5. The van der Waals surface area contributed by atoms with Gasteiger partial charge in [-0.2, -0.15) is 0 Å². The van der Waals surface area contributed by atoms with E-state index in [2.05, 4.69) is 12.2 Å². The molecule has 2 aromatic rings. The Balaban J connectivity index is 1.07. The van der Waals surface area contributed by atoms with Gasteiger partial charge in [0, 0.05) is 18.0 Å². The number of carbonyl (C=O) groups excluding carboxylic acids is 4. The van der Waals surface area contributed by atoms with Gasteiger partial charge >= 0.3 is 5.97 Å². The zero-order valence-electron chi connectivity index (χ0n) is 21.5. The van der Waals surface area contributed by atoms with Gasteiger partial charge in [-0.15, -0.1) is 0 Å². The van der Waals surface area contributed by atoms with Crippen molar-refractivity contribution < 1.29 is 28.7 Å². The summed E-state index contributed by atoms with van der Waals surface area (Å²) >= 11 is 6.13. The number of halogens is 1. The second kappa shape index (κ2) is 8.68. The van der Waals surface area contributed by atoms with Crippen LogP contribution in [0.15, 0.2) is 48.6 Å². The fraction of sp³-hybridized carbons (Fsp3) is 0.400. The smallest absolute Gasteiger partial charge is 0.316 e. The Labute approximate surface area is 230 Å². The number of esters is 1. The summed E-state index contributed by atoms with van der Waals surface area (Å²) in [6.07, 6.45) is 5.43. The van der Waals surface area contributed by atoms with Gasteiger partial charge < -0.3 is 14.4 Å². The fourth-order valence-corrected chi connectivity index (χ4v) is 7.47. The molecule has 2 aliphatic heterocycles. The quantitative estimate of drug-likeness (QED) is 0.242. The summed E-state index contributed by atoms with van der Waals surface area (Å²) in [4.78, 5) is 55.5. The maximum Gasteiger partial charge on any atom is 0.316 e. The van der Waals surface area contributed by atoms with Crippen LogP contribution >= 0.6 is 11.6 Å². The number of amides is 3. The van der Waals surface area contributed by atoms with Gasteiger partial charge in [0.05, 0.1) is 36.2 Å². The number of nitrogens with zero attached hydrogens (tertiary/aromatic N) is 2. The van der Waals surface area contributed by atoms with Crippen molar-refractivity contribution in [3.63, 3.8) is 0 Å². The first kappa shape index (κ1) is 24.4. The molecule has 39 heavy (non-hydrogen) atoms. The first-order valence-electron chi connectivity index (χ1n) is 13.3. The standard InChI is InChI=1S/C30H27ClN2O6/c1-14-9-17(39-30(37)15-10-25(34)32(13-15)23-11-16(31)3-8-24(23)38-2)4-7-22(14)33-28(35)26-18-5-6-19(21-12-20(18)21)27(26)29(33)36/h3-9,11,15,18-21,26-27H,10,12-13H2,1-2H3/t15-,18+,19+,20+,21+,26-,27-/m1/s1. The summed E-state index contributed by atoms with van der Waals surface area (Å²) in [5.41, 5.74) is 1.70. The third kappa shape index (κ3) is 3.64. The summed E-state index contributed by atoms with van der Waals surface area (Å²) < 4.78 is 11.0. The van der Waals surface area contributed by atoms with Gasteiger partial charge in [0.25, 0.3) is 0 Å². The number of imide groups is 1. The number of anilines is 2. The van der Waals surface area contributed by atoms with Crippen molar-refractivity contribution in [1.29, 1.82) is 0 Å². The molecule has 9 heteroatoms. The number of hydrogen-bond acceptors (Lipinski definition) is 6. The van der Waals surface area contributed by atoms with E-state index in [1.807, 2.05) is 0 Å². The highest BCUT2D eigenvalue weighted by atomic mass is 35.5. The molecule has 2 aromatic carbocycles. The lowest BCUT2D eigenvalue weighted by Crippen LogP contribution is -2.40. The van der Waals surface area contributed by atoms with Crippen LogP contribution in [0.4, 0.5) is 11.4 Å². The predicted octanol–water partition coefficient (Wildman–Crippen LogP) is 4.17. The van der Waals surface area contributed by atoms with Crippen molar-refractivity contribution >= 4 is 46.7 Å². The summed E-state index contributed by atoms with van der Waals surface area (Å²) in [6.45, 7) is 1.94. The van der Waals surface area contributed by atoms with Crippen LogP contribution in [-0.4, -0.2) is 37.3 Å². The molecule has 0 spiro atoms. The van der Waals surface area contributed by atoms with Gasteiger partial charge in [-0.05, 0) is 79.0 Å². The minimum Gasteiger partial charge on any atom is -0.495 e. The third-order valence-electron chi connectivity index (χ3n) is 9.18. The first-order valence-corrected chi connectivity index (χ1v) is 13.7. The second-order valence-electron chi connectivity index (χ2n) is 11.3. The lowest BCUT2D eigenvalue weighted by molar-refractivity contribution is -0.139. The molecule has 0 aromatic heterocycles. The molecule has 3 amide bonds. The normalized spacial score (nSPS) is 32.0. The first-order chi connectivity index (χ1) is 18.8. The van der Waals surface area contributed by atoms with Crippen molar-refractivity contribution in [3.05, 3.63) is 59.1 Å². The minimum atomic E-state index is -0.666. The monoisotopic (exact) mass is 546 g/mol. The van der Waals surface area contributed by atoms with E-state index in [9.17, 15) is 19.2 Å². The van der Waals surface area contributed by atoms with Crippen molar-refractivity contribution in [1.82, 2.24) is 0 Å². The molecule has 2 bridgehead atoms. The lowest BCUT2D eigenvalue weighted by Gasteiger charge is -2.37. The van der Waals surface area contributed by atoms with Crippen LogP contribution in [0.5, 0.6) is 11.5 Å². The van der Waals surface area contributed by atoms with Crippen LogP contribution in [0.2, 0.25) is 5.02 Å². The summed E-state index contributed by atoms with van der Waals surface area (Å²) in [5, 5.41) is 0.454. The van der Waals surface area contributed by atoms with E-state index in [4.69, 9.17) is 21.1 Å². The Bertz CT molecular complexity index is 1450. The van der Waals surface area contributed by atoms with Gasteiger partial charge in [-0.1, -0.05) is 23.8 Å². The van der Waals surface area contributed by atoms with Crippen molar-refractivity contribution in [3.8, 4) is 11.5 Å². The third-order valence-corrected chi connectivity index (χ3v) is 9.42. The van der Waals surface area contributed by atoms with E-state index in [1.54, 1.807) is 43.3 Å². The molecule has 2 saturated heterocycles. The molecule has 0 N–H and O–H groups in total. The summed E-state index contributed by atoms with van der Waals surface area (Å²) in [6, 6.07) is 9.91.